The Kier molecular flexibility index (Phi) is 5.66. The van der Waals surface area contributed by atoms with Gasteiger partial charge in [-0.15, -0.1) is 0 Å². The molecule has 0 aromatic rings. The molecule has 0 fully saturated rings. The fraction of sp³-hybridized carbons (Fsp3) is 0.500. The fourth-order valence-corrected chi connectivity index (χ4v) is 0. The Morgan fingerprint density at radius 3 is 1.71 bits per heavy atom. The Hall–Kier alpha value is 0.746. The van der Waals surface area contributed by atoms with E-state index < -0.39 is 9.05 Å². The van der Waals surface area contributed by atoms with Gasteiger partial charge in [-0.3, -0.25) is 0 Å². The maximum absolute atomic E-state index is 9.70. The minimum atomic E-state index is -3.30. The number of hydrogen-bond acceptors (Lipinski definition) is 2. The normalized spacial score (nSPS) is 10.0. The van der Waals surface area contributed by atoms with Crippen LogP contribution in [0.2, 0.25) is 0 Å². The topological polar surface area (TPSA) is 34.1 Å². The van der Waals surface area contributed by atoms with Gasteiger partial charge in [0, 0.05) is 10.7 Å². The van der Waals surface area contributed by atoms with Crippen LogP contribution in [0.15, 0.2) is 0 Å². The van der Waals surface area contributed by atoms with E-state index in [0.717, 1.165) is 0 Å². The number of halogens is 1. The summed E-state index contributed by atoms with van der Waals surface area (Å²) in [6.07, 6.45) is 0. The molecule has 0 aliphatic carbocycles. The van der Waals surface area contributed by atoms with Gasteiger partial charge >= 0.3 is 16.8 Å². The van der Waals surface area contributed by atoms with E-state index in [2.05, 4.69) is 17.6 Å². The Bertz CT molecular complexity index is 118. The molecule has 0 aliphatic heterocycles. The molecule has 0 atom stereocenters. The summed E-state index contributed by atoms with van der Waals surface area (Å²) in [7, 11) is 1.33. The van der Waals surface area contributed by atoms with Gasteiger partial charge in [0.2, 0.25) is 9.05 Å². The van der Waals surface area contributed by atoms with Gasteiger partial charge < -0.3 is 6.92 Å². The Morgan fingerprint density at radius 2 is 1.71 bits per heavy atom. The molecule has 5 heteroatoms. The van der Waals surface area contributed by atoms with Gasteiger partial charge in [-0.05, 0) is 0 Å². The van der Waals surface area contributed by atoms with Crippen LogP contribution >= 0.6 is 10.7 Å². The van der Waals surface area contributed by atoms with Crippen molar-refractivity contribution < 1.29 is 25.2 Å². The van der Waals surface area contributed by atoms with Gasteiger partial charge in [0.25, 0.3) is 0 Å². The molecule has 0 saturated heterocycles. The van der Waals surface area contributed by atoms with Crippen LogP contribution < -0.4 is 0 Å². The summed E-state index contributed by atoms with van der Waals surface area (Å²) in [5, 5.41) is 0. The van der Waals surface area contributed by atoms with Crippen LogP contribution in [0, 0.1) is 6.92 Å². The van der Waals surface area contributed by atoms with Gasteiger partial charge in [-0.2, -0.15) is 0 Å². The average Bonchev–Trinajstić information content (AvgIpc) is 1.35. The first-order valence-electron chi connectivity index (χ1n) is 1.28. The Balaban J connectivity index is 0. The molecule has 0 amide bonds. The molecule has 2 nitrogen and oxygen atoms in total. The van der Waals surface area contributed by atoms with Gasteiger partial charge in [0.05, 0.1) is 0 Å². The molecule has 0 heterocycles. The third-order valence-electron chi connectivity index (χ3n) is 0.244. The predicted molar refractivity (Wildman–Crippen MR) is 25.0 cm³/mol. The van der Waals surface area contributed by atoms with Crippen LogP contribution in [-0.4, -0.2) is 14.2 Å². The van der Waals surface area contributed by atoms with Crippen molar-refractivity contribution in [2.75, 3.05) is 5.75 Å². The first-order chi connectivity index (χ1) is 2.56. The van der Waals surface area contributed by atoms with E-state index in [9.17, 15) is 8.42 Å². The molecule has 45 valence electrons. The molecule has 0 aromatic heterocycles. The number of rotatable bonds is 1. The summed E-state index contributed by atoms with van der Waals surface area (Å²) in [4.78, 5) is 0. The van der Waals surface area contributed by atoms with Crippen LogP contribution in [0.3, 0.4) is 0 Å². The quantitative estimate of drug-likeness (QED) is 0.439. The molecule has 0 bridgehead atoms. The SMILES string of the molecule is [CH2-]CS(=O)(=O)Cl.[Co+2]. The second-order valence-corrected chi connectivity index (χ2v) is 3.64. The van der Waals surface area contributed by atoms with Crippen molar-refractivity contribution in [3.63, 3.8) is 0 Å². The van der Waals surface area contributed by atoms with Crippen molar-refractivity contribution in [2.45, 2.75) is 0 Å². The van der Waals surface area contributed by atoms with Crippen LogP contribution in [0.1, 0.15) is 0 Å². The van der Waals surface area contributed by atoms with E-state index in [0.29, 0.717) is 0 Å². The predicted octanol–water partition coefficient (Wildman–Crippen LogP) is 0.387. The van der Waals surface area contributed by atoms with E-state index in [1.165, 1.54) is 0 Å². The molecule has 0 saturated carbocycles. The van der Waals surface area contributed by atoms with Crippen molar-refractivity contribution in [2.24, 2.45) is 0 Å². The second kappa shape index (κ2) is 3.71. The monoisotopic (exact) mass is 186 g/mol. The van der Waals surface area contributed by atoms with Crippen LogP contribution in [0.4, 0.5) is 0 Å². The molecule has 0 rings (SSSR count). The molecular weight excluding hydrogens is 182 g/mol. The maximum atomic E-state index is 9.70. The largest absolute Gasteiger partial charge is 2.00 e. The smallest absolute Gasteiger partial charge is 0.328 e. The first-order valence-corrected chi connectivity index (χ1v) is 3.75. The van der Waals surface area contributed by atoms with Crippen molar-refractivity contribution in [1.82, 2.24) is 0 Å². The molecule has 0 aromatic carbocycles. The molecule has 1 radical (unpaired) electrons. The molecule has 0 spiro atoms. The summed E-state index contributed by atoms with van der Waals surface area (Å²) < 4.78 is 19.4. The Morgan fingerprint density at radius 1 is 1.57 bits per heavy atom. The molecule has 0 aliphatic rings. The average molecular weight is 187 g/mol. The van der Waals surface area contributed by atoms with Crippen LogP contribution in [0.5, 0.6) is 0 Å². The molecule has 0 unspecified atom stereocenters. The van der Waals surface area contributed by atoms with Crippen molar-refractivity contribution in [3.05, 3.63) is 6.92 Å². The zero-order valence-corrected chi connectivity index (χ0v) is 5.96. The summed E-state index contributed by atoms with van der Waals surface area (Å²) in [5.41, 5.74) is 0. The third-order valence-corrected chi connectivity index (χ3v) is 1.19. The van der Waals surface area contributed by atoms with E-state index in [4.69, 9.17) is 0 Å². The van der Waals surface area contributed by atoms with E-state index in [1.54, 1.807) is 0 Å². The van der Waals surface area contributed by atoms with E-state index in [-0.39, 0.29) is 22.5 Å². The molecule has 7 heavy (non-hydrogen) atoms. The van der Waals surface area contributed by atoms with Gasteiger partial charge in [-0.1, -0.05) is 5.75 Å². The van der Waals surface area contributed by atoms with Crippen molar-refractivity contribution in [1.29, 1.82) is 0 Å². The van der Waals surface area contributed by atoms with Gasteiger partial charge in [0.15, 0.2) is 0 Å². The van der Waals surface area contributed by atoms with Crippen LogP contribution in [0.25, 0.3) is 0 Å². The standard InChI is InChI=1S/C2H4ClO2S.Co/c1-2-6(3,4)5;/h1-2H2;/q-1;+2. The summed E-state index contributed by atoms with van der Waals surface area (Å²) in [5.74, 6) is -0.242. The third kappa shape index (κ3) is 10.8. The van der Waals surface area contributed by atoms with E-state index >= 15 is 0 Å². The summed E-state index contributed by atoms with van der Waals surface area (Å²) in [6, 6.07) is 0. The van der Waals surface area contributed by atoms with Gasteiger partial charge in [0.1, 0.15) is 0 Å². The van der Waals surface area contributed by atoms with Crippen LogP contribution in [-0.2, 0) is 25.8 Å². The maximum Gasteiger partial charge on any atom is 2.00 e. The summed E-state index contributed by atoms with van der Waals surface area (Å²) >= 11 is 0. The molecular formula is C2H4ClCoO2S+. The van der Waals surface area contributed by atoms with Crippen molar-refractivity contribution >= 4 is 19.7 Å². The number of hydrogen-bond donors (Lipinski definition) is 0. The minimum Gasteiger partial charge on any atom is -0.328 e. The second-order valence-electron chi connectivity index (χ2n) is 0.743. The Labute approximate surface area is 57.9 Å². The van der Waals surface area contributed by atoms with Gasteiger partial charge in [-0.25, -0.2) is 8.42 Å². The zero-order valence-electron chi connectivity index (χ0n) is 3.35. The first kappa shape index (κ1) is 10.7. The van der Waals surface area contributed by atoms with E-state index in [1.807, 2.05) is 0 Å². The minimum absolute atomic E-state index is 0. The van der Waals surface area contributed by atoms with Crippen molar-refractivity contribution in [3.8, 4) is 0 Å². The summed E-state index contributed by atoms with van der Waals surface area (Å²) in [6.45, 7) is 3.04. The molecule has 0 N–H and O–H groups in total. The zero-order chi connectivity index (χ0) is 5.21. The fourth-order valence-electron chi connectivity index (χ4n) is 0.